The predicted octanol–water partition coefficient (Wildman–Crippen LogP) is 1.33. The van der Waals surface area contributed by atoms with Gasteiger partial charge in [-0.1, -0.05) is 25.7 Å². The van der Waals surface area contributed by atoms with E-state index in [1.165, 1.54) is 25.7 Å². The first-order valence-electron chi connectivity index (χ1n) is 3.95. The Morgan fingerprint density at radius 3 is 2.00 bits per heavy atom. The number of rotatable bonds is 1. The lowest BCUT2D eigenvalue weighted by molar-refractivity contribution is 0.643. The Kier molecular flexibility index (Phi) is 3.35. The molecule has 0 spiro atoms. The van der Waals surface area contributed by atoms with Gasteiger partial charge in [0.1, 0.15) is 0 Å². The molecular weight excluding hydrogens is 146 g/mol. The maximum atomic E-state index is 10.8. The van der Waals surface area contributed by atoms with Gasteiger partial charge < -0.3 is 0 Å². The van der Waals surface area contributed by atoms with Crippen molar-refractivity contribution in [2.75, 3.05) is 0 Å². The summed E-state index contributed by atoms with van der Waals surface area (Å²) in [6.07, 6.45) is 7.18. The van der Waals surface area contributed by atoms with Gasteiger partial charge in [-0.05, 0) is 12.8 Å². The second-order valence-electron chi connectivity index (χ2n) is 2.94. The fourth-order valence-corrected chi connectivity index (χ4v) is 2.27. The maximum absolute atomic E-state index is 10.8. The summed E-state index contributed by atoms with van der Waals surface area (Å²) in [5.41, 5.74) is 0. The summed E-state index contributed by atoms with van der Waals surface area (Å²) in [6.45, 7) is 0. The van der Waals surface area contributed by atoms with Gasteiger partial charge in [0, 0.05) is 5.25 Å². The third-order valence-corrected chi connectivity index (χ3v) is 3.26. The minimum Gasteiger partial charge on any atom is -0.252 e. The van der Waals surface area contributed by atoms with Crippen LogP contribution >= 0.6 is 0 Å². The van der Waals surface area contributed by atoms with E-state index in [-0.39, 0.29) is 0 Å². The van der Waals surface area contributed by atoms with Crippen molar-refractivity contribution in [2.45, 2.75) is 43.8 Å². The lowest BCUT2D eigenvalue weighted by Gasteiger charge is -2.07. The molecule has 0 radical (unpaired) electrons. The summed E-state index contributed by atoms with van der Waals surface area (Å²) in [4.78, 5) is 0. The molecule has 1 aliphatic carbocycles. The number of hydrogen-bond donors (Lipinski definition) is 1. The lowest BCUT2D eigenvalue weighted by Crippen LogP contribution is -2.20. The van der Waals surface area contributed by atoms with E-state index in [9.17, 15) is 4.21 Å². The Morgan fingerprint density at radius 1 is 1.10 bits per heavy atom. The SMILES string of the molecule is NS(=O)C1CCCCCC1. The molecule has 1 atom stereocenters. The molecule has 10 heavy (non-hydrogen) atoms. The minimum atomic E-state index is -1.06. The van der Waals surface area contributed by atoms with E-state index in [2.05, 4.69) is 0 Å². The topological polar surface area (TPSA) is 43.1 Å². The molecular formula is C7H15NOS. The highest BCUT2D eigenvalue weighted by molar-refractivity contribution is 7.83. The van der Waals surface area contributed by atoms with Crippen molar-refractivity contribution in [3.8, 4) is 0 Å². The molecule has 0 aromatic carbocycles. The molecule has 1 aliphatic rings. The van der Waals surface area contributed by atoms with E-state index < -0.39 is 11.0 Å². The third-order valence-electron chi connectivity index (χ3n) is 2.13. The molecule has 0 bridgehead atoms. The summed E-state index contributed by atoms with van der Waals surface area (Å²) >= 11 is 0. The van der Waals surface area contributed by atoms with Gasteiger partial charge >= 0.3 is 0 Å². The fourth-order valence-electron chi connectivity index (χ4n) is 1.47. The van der Waals surface area contributed by atoms with Gasteiger partial charge in [0.05, 0.1) is 11.0 Å². The van der Waals surface area contributed by atoms with Crippen molar-refractivity contribution in [3.63, 3.8) is 0 Å². The zero-order chi connectivity index (χ0) is 7.40. The molecule has 1 fully saturated rings. The van der Waals surface area contributed by atoms with Crippen molar-refractivity contribution in [1.82, 2.24) is 0 Å². The van der Waals surface area contributed by atoms with Gasteiger partial charge in [-0.25, -0.2) is 4.21 Å². The standard InChI is InChI=1S/C7H15NOS/c8-10(9)7-5-3-1-2-4-6-7/h7H,1-6,8H2. The van der Waals surface area contributed by atoms with Crippen LogP contribution in [0.25, 0.3) is 0 Å². The van der Waals surface area contributed by atoms with Crippen molar-refractivity contribution in [2.24, 2.45) is 5.14 Å². The zero-order valence-electron chi connectivity index (χ0n) is 6.21. The molecule has 0 aromatic heterocycles. The van der Waals surface area contributed by atoms with Crippen LogP contribution in [0.2, 0.25) is 0 Å². The van der Waals surface area contributed by atoms with Crippen molar-refractivity contribution >= 4 is 11.0 Å². The summed E-state index contributed by atoms with van der Waals surface area (Å²) < 4.78 is 10.8. The minimum absolute atomic E-state index is 0.294. The highest BCUT2D eigenvalue weighted by atomic mass is 32.2. The highest BCUT2D eigenvalue weighted by Crippen LogP contribution is 2.19. The molecule has 60 valence electrons. The first-order chi connectivity index (χ1) is 4.80. The monoisotopic (exact) mass is 161 g/mol. The molecule has 1 saturated carbocycles. The van der Waals surface area contributed by atoms with Gasteiger partial charge in [-0.2, -0.15) is 0 Å². The van der Waals surface area contributed by atoms with E-state index in [0.29, 0.717) is 5.25 Å². The fraction of sp³-hybridized carbons (Fsp3) is 1.00. The Labute approximate surface area is 64.8 Å². The summed E-state index contributed by atoms with van der Waals surface area (Å²) in [5, 5.41) is 5.60. The van der Waals surface area contributed by atoms with E-state index in [0.717, 1.165) is 12.8 Å². The average molecular weight is 161 g/mol. The van der Waals surface area contributed by atoms with Gasteiger partial charge in [-0.3, -0.25) is 5.14 Å². The second kappa shape index (κ2) is 4.09. The van der Waals surface area contributed by atoms with E-state index in [1.807, 2.05) is 0 Å². The van der Waals surface area contributed by atoms with Crippen LogP contribution in [0.3, 0.4) is 0 Å². The molecule has 0 aromatic rings. The summed E-state index contributed by atoms with van der Waals surface area (Å²) in [7, 11) is -1.06. The van der Waals surface area contributed by atoms with Crippen molar-refractivity contribution < 1.29 is 4.21 Å². The predicted molar refractivity (Wildman–Crippen MR) is 43.8 cm³/mol. The van der Waals surface area contributed by atoms with Crippen LogP contribution in [0.4, 0.5) is 0 Å². The second-order valence-corrected chi connectivity index (χ2v) is 4.27. The Bertz CT molecular complexity index is 119. The third kappa shape index (κ3) is 2.39. The quantitative estimate of drug-likeness (QED) is 0.579. The van der Waals surface area contributed by atoms with Crippen LogP contribution in [0.15, 0.2) is 0 Å². The molecule has 0 amide bonds. The first-order valence-corrected chi connectivity index (χ1v) is 5.23. The van der Waals surface area contributed by atoms with E-state index in [4.69, 9.17) is 5.14 Å². The van der Waals surface area contributed by atoms with Crippen molar-refractivity contribution in [1.29, 1.82) is 0 Å². The van der Waals surface area contributed by atoms with Crippen LogP contribution < -0.4 is 5.14 Å². The van der Waals surface area contributed by atoms with E-state index >= 15 is 0 Å². The average Bonchev–Trinajstić information content (AvgIpc) is 2.12. The zero-order valence-corrected chi connectivity index (χ0v) is 7.03. The van der Waals surface area contributed by atoms with E-state index in [1.54, 1.807) is 0 Å². The Balaban J connectivity index is 2.35. The van der Waals surface area contributed by atoms with Gasteiger partial charge in [-0.15, -0.1) is 0 Å². The molecule has 0 aliphatic heterocycles. The smallest absolute Gasteiger partial charge is 0.0919 e. The number of nitrogens with two attached hydrogens (primary N) is 1. The molecule has 1 unspecified atom stereocenters. The van der Waals surface area contributed by atoms with Gasteiger partial charge in [0.2, 0.25) is 0 Å². The Hall–Kier alpha value is 0.110. The largest absolute Gasteiger partial charge is 0.252 e. The van der Waals surface area contributed by atoms with Crippen LogP contribution in [0, 0.1) is 0 Å². The van der Waals surface area contributed by atoms with Crippen LogP contribution in [-0.4, -0.2) is 9.46 Å². The lowest BCUT2D eigenvalue weighted by atomic mass is 10.2. The molecule has 2 N–H and O–H groups in total. The van der Waals surface area contributed by atoms with Gasteiger partial charge in [0.25, 0.3) is 0 Å². The summed E-state index contributed by atoms with van der Waals surface area (Å²) in [6, 6.07) is 0. The van der Waals surface area contributed by atoms with Crippen molar-refractivity contribution in [3.05, 3.63) is 0 Å². The summed E-state index contributed by atoms with van der Waals surface area (Å²) in [5.74, 6) is 0. The maximum Gasteiger partial charge on any atom is 0.0919 e. The van der Waals surface area contributed by atoms with Gasteiger partial charge in [0.15, 0.2) is 0 Å². The normalized spacial score (nSPS) is 25.7. The van der Waals surface area contributed by atoms with Crippen LogP contribution in [-0.2, 0) is 11.0 Å². The van der Waals surface area contributed by atoms with Crippen LogP contribution in [0.5, 0.6) is 0 Å². The highest BCUT2D eigenvalue weighted by Gasteiger charge is 2.15. The number of hydrogen-bond acceptors (Lipinski definition) is 1. The Morgan fingerprint density at radius 2 is 1.60 bits per heavy atom. The van der Waals surface area contributed by atoms with Crippen LogP contribution in [0.1, 0.15) is 38.5 Å². The molecule has 1 rings (SSSR count). The molecule has 0 saturated heterocycles. The first kappa shape index (κ1) is 8.21. The molecule has 0 heterocycles. The molecule has 3 heteroatoms. The molecule has 2 nitrogen and oxygen atoms in total.